The summed E-state index contributed by atoms with van der Waals surface area (Å²) in [7, 11) is 0. The first-order chi connectivity index (χ1) is 9.49. The van der Waals surface area contributed by atoms with Gasteiger partial charge in [0.25, 0.3) is 5.91 Å². The van der Waals surface area contributed by atoms with Crippen LogP contribution in [0, 0.1) is 0 Å². The van der Waals surface area contributed by atoms with Crippen molar-refractivity contribution in [2.75, 3.05) is 6.54 Å². The van der Waals surface area contributed by atoms with Crippen LogP contribution in [0.5, 0.6) is 5.75 Å². The van der Waals surface area contributed by atoms with Crippen LogP contribution < -0.4 is 15.8 Å². The molecule has 5 heteroatoms. The van der Waals surface area contributed by atoms with E-state index in [0.29, 0.717) is 17.2 Å². The number of hydrogen-bond donors (Lipinski definition) is 2. The number of carbonyl (C=O) groups excluding carboxylic acids is 1. The molecule has 3 N–H and O–H groups in total. The molecule has 0 saturated carbocycles. The lowest BCUT2D eigenvalue weighted by Gasteiger charge is -2.21. The molecule has 2 atom stereocenters. The zero-order chi connectivity index (χ0) is 15.1. The third kappa shape index (κ3) is 4.69. The van der Waals surface area contributed by atoms with Gasteiger partial charge in [0.05, 0.1) is 0 Å². The number of nitrogens with one attached hydrogen (secondary N) is 1. The predicted molar refractivity (Wildman–Crippen MR) is 82.1 cm³/mol. The van der Waals surface area contributed by atoms with E-state index in [1.165, 1.54) is 0 Å². The minimum atomic E-state index is -0.617. The quantitative estimate of drug-likeness (QED) is 0.775. The Labute approximate surface area is 125 Å². The molecule has 0 aliphatic rings. The van der Waals surface area contributed by atoms with E-state index in [2.05, 4.69) is 12.2 Å². The minimum Gasteiger partial charge on any atom is -0.480 e. The first-order valence-corrected chi connectivity index (χ1v) is 7.36. The topological polar surface area (TPSA) is 64.3 Å². The van der Waals surface area contributed by atoms with E-state index < -0.39 is 12.0 Å². The summed E-state index contributed by atoms with van der Waals surface area (Å²) in [4.78, 5) is 11.3. The summed E-state index contributed by atoms with van der Waals surface area (Å²) in [5, 5.41) is 4.03. The molecule has 1 aromatic carbocycles. The lowest BCUT2D eigenvalue weighted by Crippen LogP contribution is -2.33. The number of halogens is 1. The maximum atomic E-state index is 11.3. The van der Waals surface area contributed by atoms with Gasteiger partial charge >= 0.3 is 0 Å². The van der Waals surface area contributed by atoms with Gasteiger partial charge in [-0.25, -0.2) is 0 Å². The lowest BCUT2D eigenvalue weighted by atomic mass is 10.1. The Bertz CT molecular complexity index is 451. The molecule has 0 heterocycles. The van der Waals surface area contributed by atoms with Gasteiger partial charge in [0, 0.05) is 16.6 Å². The Kier molecular flexibility index (Phi) is 6.82. The number of benzene rings is 1. The molecule has 0 aliphatic heterocycles. The fourth-order valence-electron chi connectivity index (χ4n) is 1.93. The Morgan fingerprint density at radius 1 is 1.45 bits per heavy atom. The van der Waals surface area contributed by atoms with Crippen LogP contribution in [0.25, 0.3) is 0 Å². The van der Waals surface area contributed by atoms with Crippen molar-refractivity contribution >= 4 is 17.5 Å². The predicted octanol–water partition coefficient (Wildman–Crippen LogP) is 3.04. The van der Waals surface area contributed by atoms with Crippen molar-refractivity contribution in [1.82, 2.24) is 5.32 Å². The summed E-state index contributed by atoms with van der Waals surface area (Å²) in [5.41, 5.74) is 6.26. The largest absolute Gasteiger partial charge is 0.480 e. The summed E-state index contributed by atoms with van der Waals surface area (Å²) in [5.74, 6) is 0.193. The van der Waals surface area contributed by atoms with Crippen molar-refractivity contribution in [2.24, 2.45) is 5.73 Å². The van der Waals surface area contributed by atoms with Gasteiger partial charge in [0.2, 0.25) is 0 Å². The third-order valence-corrected chi connectivity index (χ3v) is 3.33. The van der Waals surface area contributed by atoms with Gasteiger partial charge in [-0.1, -0.05) is 25.4 Å². The molecule has 112 valence electrons. The minimum absolute atomic E-state index is 0.0917. The Morgan fingerprint density at radius 3 is 2.70 bits per heavy atom. The lowest BCUT2D eigenvalue weighted by molar-refractivity contribution is -0.124. The second kappa shape index (κ2) is 8.12. The van der Waals surface area contributed by atoms with Gasteiger partial charge in [-0.2, -0.15) is 0 Å². The molecule has 0 aliphatic carbocycles. The molecule has 0 spiro atoms. The molecule has 1 aromatic rings. The number of amides is 1. The van der Waals surface area contributed by atoms with Crippen LogP contribution in [0.2, 0.25) is 5.02 Å². The fourth-order valence-corrected chi connectivity index (χ4v) is 2.11. The molecule has 1 amide bonds. The van der Waals surface area contributed by atoms with Gasteiger partial charge in [0.15, 0.2) is 6.10 Å². The first kappa shape index (κ1) is 16.8. The van der Waals surface area contributed by atoms with E-state index >= 15 is 0 Å². The van der Waals surface area contributed by atoms with Crippen molar-refractivity contribution in [3.63, 3.8) is 0 Å². The highest BCUT2D eigenvalue weighted by Gasteiger charge is 2.19. The number of rotatable bonds is 8. The molecular formula is C15H23ClN2O2. The SMILES string of the molecule is CCCNC(C)c1cc(Cl)ccc1OC(CC)C(N)=O. The normalized spacial score (nSPS) is 13.8. The van der Waals surface area contributed by atoms with Crippen LogP contribution in [0.3, 0.4) is 0 Å². The average Bonchev–Trinajstić information content (AvgIpc) is 2.42. The van der Waals surface area contributed by atoms with Crippen LogP contribution in [-0.2, 0) is 4.79 Å². The second-order valence-electron chi connectivity index (χ2n) is 4.78. The molecule has 1 rings (SSSR count). The van der Waals surface area contributed by atoms with Gasteiger partial charge in [0.1, 0.15) is 5.75 Å². The van der Waals surface area contributed by atoms with Gasteiger partial charge in [-0.15, -0.1) is 0 Å². The highest BCUT2D eigenvalue weighted by atomic mass is 35.5. The zero-order valence-corrected chi connectivity index (χ0v) is 13.0. The summed E-state index contributed by atoms with van der Waals surface area (Å²) >= 11 is 6.05. The van der Waals surface area contributed by atoms with Gasteiger partial charge < -0.3 is 15.8 Å². The van der Waals surface area contributed by atoms with E-state index in [9.17, 15) is 4.79 Å². The highest BCUT2D eigenvalue weighted by molar-refractivity contribution is 6.30. The van der Waals surface area contributed by atoms with E-state index in [1.54, 1.807) is 12.1 Å². The number of carbonyl (C=O) groups is 1. The summed E-state index contributed by atoms with van der Waals surface area (Å²) in [6.07, 6.45) is 0.960. The summed E-state index contributed by atoms with van der Waals surface area (Å²) in [6, 6.07) is 5.49. The molecule has 0 bridgehead atoms. The molecule has 0 saturated heterocycles. The summed E-state index contributed by atoms with van der Waals surface area (Å²) < 4.78 is 5.74. The maximum absolute atomic E-state index is 11.3. The Hall–Kier alpha value is -1.26. The maximum Gasteiger partial charge on any atom is 0.258 e. The molecule has 4 nitrogen and oxygen atoms in total. The van der Waals surface area contributed by atoms with Crippen LogP contribution in [-0.4, -0.2) is 18.6 Å². The Morgan fingerprint density at radius 2 is 2.15 bits per heavy atom. The van der Waals surface area contributed by atoms with Crippen molar-refractivity contribution in [3.8, 4) is 5.75 Å². The average molecular weight is 299 g/mol. The number of hydrogen-bond acceptors (Lipinski definition) is 3. The monoisotopic (exact) mass is 298 g/mol. The van der Waals surface area contributed by atoms with Crippen molar-refractivity contribution in [3.05, 3.63) is 28.8 Å². The third-order valence-electron chi connectivity index (χ3n) is 3.10. The molecule has 0 radical (unpaired) electrons. The van der Waals surface area contributed by atoms with Crippen LogP contribution in [0.15, 0.2) is 18.2 Å². The van der Waals surface area contributed by atoms with Crippen molar-refractivity contribution in [1.29, 1.82) is 0 Å². The number of nitrogens with two attached hydrogens (primary N) is 1. The van der Waals surface area contributed by atoms with Crippen molar-refractivity contribution in [2.45, 2.75) is 45.8 Å². The first-order valence-electron chi connectivity index (χ1n) is 6.98. The molecular weight excluding hydrogens is 276 g/mol. The van der Waals surface area contributed by atoms with Crippen molar-refractivity contribution < 1.29 is 9.53 Å². The van der Waals surface area contributed by atoms with Crippen LogP contribution in [0.4, 0.5) is 0 Å². The van der Waals surface area contributed by atoms with Crippen LogP contribution >= 0.6 is 11.6 Å². The smallest absolute Gasteiger partial charge is 0.258 e. The van der Waals surface area contributed by atoms with E-state index in [0.717, 1.165) is 18.5 Å². The fraction of sp³-hybridized carbons (Fsp3) is 0.533. The van der Waals surface area contributed by atoms with Crippen LogP contribution in [0.1, 0.15) is 45.2 Å². The Balaban J connectivity index is 2.97. The van der Waals surface area contributed by atoms with E-state index in [1.807, 2.05) is 19.9 Å². The molecule has 0 aromatic heterocycles. The number of primary amides is 1. The highest BCUT2D eigenvalue weighted by Crippen LogP contribution is 2.29. The summed E-state index contributed by atoms with van der Waals surface area (Å²) in [6.45, 7) is 6.92. The van der Waals surface area contributed by atoms with Gasteiger partial charge in [-0.05, 0) is 44.5 Å². The van der Waals surface area contributed by atoms with Gasteiger partial charge in [-0.3, -0.25) is 4.79 Å². The second-order valence-corrected chi connectivity index (χ2v) is 5.21. The zero-order valence-electron chi connectivity index (χ0n) is 12.3. The molecule has 20 heavy (non-hydrogen) atoms. The molecule has 2 unspecified atom stereocenters. The molecule has 0 fully saturated rings. The number of ether oxygens (including phenoxy) is 1. The standard InChI is InChI=1S/C15H23ClN2O2/c1-4-8-18-10(3)12-9-11(16)6-7-14(12)20-13(5-2)15(17)19/h6-7,9-10,13,18H,4-5,8H2,1-3H3,(H2,17,19). The van der Waals surface area contributed by atoms with E-state index in [-0.39, 0.29) is 6.04 Å². The van der Waals surface area contributed by atoms with E-state index in [4.69, 9.17) is 22.1 Å².